The van der Waals surface area contributed by atoms with Crippen LogP contribution in [-0.4, -0.2) is 43.7 Å². The first kappa shape index (κ1) is 15.7. The Morgan fingerprint density at radius 2 is 2.00 bits per heavy atom. The van der Waals surface area contributed by atoms with Crippen LogP contribution in [-0.2, 0) is 4.74 Å². The van der Waals surface area contributed by atoms with E-state index < -0.39 is 12.8 Å². The number of rotatable bonds is 9. The molecule has 1 atom stereocenters. The molecule has 0 rings (SSSR count). The summed E-state index contributed by atoms with van der Waals surface area (Å²) < 4.78 is 39.4. The second-order valence-electron chi connectivity index (χ2n) is 3.62. The molecule has 0 aromatic heterocycles. The lowest BCUT2D eigenvalue weighted by atomic mass is 10.2. The van der Waals surface area contributed by atoms with E-state index in [-0.39, 0.29) is 12.7 Å². The summed E-state index contributed by atoms with van der Waals surface area (Å²) in [5.74, 6) is 0. The van der Waals surface area contributed by atoms with Gasteiger partial charge in [-0.05, 0) is 32.4 Å². The van der Waals surface area contributed by atoms with Crippen LogP contribution < -0.4 is 5.32 Å². The fraction of sp³-hybridized carbons (Fsp3) is 1.00. The highest BCUT2D eigenvalue weighted by Gasteiger charge is 2.27. The zero-order valence-corrected chi connectivity index (χ0v) is 9.52. The molecule has 0 aliphatic rings. The largest absolute Gasteiger partial charge is 0.411 e. The molecule has 0 aliphatic heterocycles. The molecule has 0 heterocycles. The average molecular weight is 243 g/mol. The van der Waals surface area contributed by atoms with Gasteiger partial charge in [0, 0.05) is 6.61 Å². The number of halogens is 3. The minimum atomic E-state index is -4.24. The zero-order chi connectivity index (χ0) is 12.4. The Kier molecular flexibility index (Phi) is 8.60. The van der Waals surface area contributed by atoms with Gasteiger partial charge in [-0.15, -0.1) is 0 Å². The molecule has 16 heavy (non-hydrogen) atoms. The van der Waals surface area contributed by atoms with Gasteiger partial charge in [-0.1, -0.05) is 6.92 Å². The zero-order valence-electron chi connectivity index (χ0n) is 9.52. The summed E-state index contributed by atoms with van der Waals surface area (Å²) in [5, 5.41) is 12.2. The molecule has 0 fully saturated rings. The smallest absolute Gasteiger partial charge is 0.393 e. The lowest BCUT2D eigenvalue weighted by Crippen LogP contribution is -2.23. The van der Waals surface area contributed by atoms with Crippen LogP contribution in [0.3, 0.4) is 0 Å². The van der Waals surface area contributed by atoms with Crippen LogP contribution in [0.25, 0.3) is 0 Å². The Hall–Kier alpha value is -0.330. The van der Waals surface area contributed by atoms with Gasteiger partial charge < -0.3 is 15.2 Å². The highest BCUT2D eigenvalue weighted by molar-refractivity contribution is 4.55. The summed E-state index contributed by atoms with van der Waals surface area (Å²) in [6.45, 7) is 2.10. The quantitative estimate of drug-likeness (QED) is 0.606. The Balaban J connectivity index is 3.10. The van der Waals surface area contributed by atoms with Crippen LogP contribution in [0.5, 0.6) is 0 Å². The second kappa shape index (κ2) is 8.78. The molecule has 0 radical (unpaired) electrons. The van der Waals surface area contributed by atoms with E-state index in [9.17, 15) is 18.3 Å². The van der Waals surface area contributed by atoms with Crippen molar-refractivity contribution < 1.29 is 23.0 Å². The Bertz CT molecular complexity index is 165. The normalized spacial score (nSPS) is 14.1. The Morgan fingerprint density at radius 3 is 2.56 bits per heavy atom. The van der Waals surface area contributed by atoms with Crippen LogP contribution >= 0.6 is 0 Å². The molecule has 1 unspecified atom stereocenters. The van der Waals surface area contributed by atoms with Gasteiger partial charge in [-0.3, -0.25) is 0 Å². The van der Waals surface area contributed by atoms with E-state index in [4.69, 9.17) is 0 Å². The van der Waals surface area contributed by atoms with E-state index >= 15 is 0 Å². The SMILES string of the molecule is CCC(O)CCNCCCOCC(F)(F)F. The Morgan fingerprint density at radius 1 is 1.31 bits per heavy atom. The van der Waals surface area contributed by atoms with Crippen LogP contribution in [0.4, 0.5) is 13.2 Å². The minimum Gasteiger partial charge on any atom is -0.393 e. The van der Waals surface area contributed by atoms with Crippen LogP contribution in [0, 0.1) is 0 Å². The lowest BCUT2D eigenvalue weighted by Gasteiger charge is -2.09. The van der Waals surface area contributed by atoms with E-state index in [1.807, 2.05) is 6.92 Å². The molecule has 2 N–H and O–H groups in total. The van der Waals surface area contributed by atoms with Crippen LogP contribution in [0.2, 0.25) is 0 Å². The van der Waals surface area contributed by atoms with Gasteiger partial charge in [0.1, 0.15) is 6.61 Å². The molecule has 0 bridgehead atoms. The molecule has 0 saturated heterocycles. The van der Waals surface area contributed by atoms with Crippen molar-refractivity contribution in [2.75, 3.05) is 26.3 Å². The average Bonchev–Trinajstić information content (AvgIpc) is 2.20. The molecule has 0 aromatic carbocycles. The number of aliphatic hydroxyl groups excluding tert-OH is 1. The van der Waals surface area contributed by atoms with Crippen molar-refractivity contribution >= 4 is 0 Å². The predicted molar refractivity (Wildman–Crippen MR) is 55.3 cm³/mol. The maximum absolute atomic E-state index is 11.6. The van der Waals surface area contributed by atoms with Crippen molar-refractivity contribution in [3.63, 3.8) is 0 Å². The molecule has 0 saturated carbocycles. The number of hydrogen-bond donors (Lipinski definition) is 2. The fourth-order valence-electron chi connectivity index (χ4n) is 1.08. The molecule has 3 nitrogen and oxygen atoms in total. The van der Waals surface area contributed by atoms with E-state index in [0.29, 0.717) is 25.9 Å². The monoisotopic (exact) mass is 243 g/mol. The summed E-state index contributed by atoms with van der Waals surface area (Å²) in [5.41, 5.74) is 0. The number of aliphatic hydroxyl groups is 1. The van der Waals surface area contributed by atoms with Gasteiger partial charge in [0.2, 0.25) is 0 Å². The summed E-state index contributed by atoms with van der Waals surface area (Å²) in [7, 11) is 0. The van der Waals surface area contributed by atoms with Gasteiger partial charge in [0.25, 0.3) is 0 Å². The molecule has 0 spiro atoms. The topological polar surface area (TPSA) is 41.5 Å². The van der Waals surface area contributed by atoms with E-state index in [2.05, 4.69) is 10.1 Å². The third kappa shape index (κ3) is 11.7. The first-order valence-corrected chi connectivity index (χ1v) is 5.49. The maximum atomic E-state index is 11.6. The van der Waals surface area contributed by atoms with Crippen molar-refractivity contribution in [3.8, 4) is 0 Å². The van der Waals surface area contributed by atoms with Gasteiger partial charge in [0.15, 0.2) is 0 Å². The van der Waals surface area contributed by atoms with Gasteiger partial charge >= 0.3 is 6.18 Å². The van der Waals surface area contributed by atoms with E-state index in [1.54, 1.807) is 0 Å². The third-order valence-corrected chi connectivity index (χ3v) is 2.03. The fourth-order valence-corrected chi connectivity index (χ4v) is 1.08. The molecule has 0 aromatic rings. The summed E-state index contributed by atoms with van der Waals surface area (Å²) >= 11 is 0. The highest BCUT2D eigenvalue weighted by atomic mass is 19.4. The number of alkyl halides is 3. The molecule has 98 valence electrons. The summed E-state index contributed by atoms with van der Waals surface area (Å²) in [6.07, 6.45) is -2.61. The van der Waals surface area contributed by atoms with E-state index in [1.165, 1.54) is 0 Å². The standard InChI is InChI=1S/C10H20F3NO2/c1-2-9(15)4-6-14-5-3-7-16-8-10(11,12)13/h9,14-15H,2-8H2,1H3. The number of hydrogen-bond acceptors (Lipinski definition) is 3. The summed E-state index contributed by atoms with van der Waals surface area (Å²) in [6, 6.07) is 0. The van der Waals surface area contributed by atoms with Crippen molar-refractivity contribution in [2.45, 2.75) is 38.5 Å². The lowest BCUT2D eigenvalue weighted by molar-refractivity contribution is -0.173. The van der Waals surface area contributed by atoms with Crippen molar-refractivity contribution in [3.05, 3.63) is 0 Å². The predicted octanol–water partition coefficient (Wildman–Crippen LogP) is 1.71. The molecule has 0 amide bonds. The van der Waals surface area contributed by atoms with Crippen molar-refractivity contribution in [1.82, 2.24) is 5.32 Å². The van der Waals surface area contributed by atoms with Crippen molar-refractivity contribution in [1.29, 1.82) is 0 Å². The van der Waals surface area contributed by atoms with Gasteiger partial charge in [-0.2, -0.15) is 13.2 Å². The third-order valence-electron chi connectivity index (χ3n) is 2.03. The molecule has 6 heteroatoms. The number of nitrogens with one attached hydrogen (secondary N) is 1. The second-order valence-corrected chi connectivity index (χ2v) is 3.62. The Labute approximate surface area is 94.0 Å². The molecular weight excluding hydrogens is 223 g/mol. The van der Waals surface area contributed by atoms with Gasteiger partial charge in [-0.25, -0.2) is 0 Å². The van der Waals surface area contributed by atoms with Crippen molar-refractivity contribution in [2.24, 2.45) is 0 Å². The number of ether oxygens (including phenoxy) is 1. The minimum absolute atomic E-state index is 0.100. The first-order valence-electron chi connectivity index (χ1n) is 5.49. The van der Waals surface area contributed by atoms with Crippen LogP contribution in [0.15, 0.2) is 0 Å². The molecular formula is C10H20F3NO2. The van der Waals surface area contributed by atoms with Gasteiger partial charge in [0.05, 0.1) is 6.10 Å². The highest BCUT2D eigenvalue weighted by Crippen LogP contribution is 2.14. The maximum Gasteiger partial charge on any atom is 0.411 e. The summed E-state index contributed by atoms with van der Waals surface area (Å²) in [4.78, 5) is 0. The first-order chi connectivity index (χ1) is 7.45. The van der Waals surface area contributed by atoms with Crippen LogP contribution in [0.1, 0.15) is 26.2 Å². The molecule has 0 aliphatic carbocycles. The van der Waals surface area contributed by atoms with E-state index in [0.717, 1.165) is 6.42 Å².